The molecule has 0 fully saturated rings. The number of nitrogens with one attached hydrogen (secondary N) is 1. The van der Waals surface area contributed by atoms with E-state index in [1.165, 1.54) is 6.07 Å². The van der Waals surface area contributed by atoms with Gasteiger partial charge in [0.25, 0.3) is 5.91 Å². The second-order valence-corrected chi connectivity index (χ2v) is 5.27. The van der Waals surface area contributed by atoms with Crippen LogP contribution in [0, 0.1) is 0 Å². The van der Waals surface area contributed by atoms with Crippen LogP contribution in [0.2, 0.25) is 5.02 Å². The van der Waals surface area contributed by atoms with Crippen molar-refractivity contribution in [3.8, 4) is 0 Å². The Balaban J connectivity index is 1.92. The predicted molar refractivity (Wildman–Crippen MR) is 83.0 cm³/mol. The zero-order valence-corrected chi connectivity index (χ0v) is 13.0. The fourth-order valence-electron chi connectivity index (χ4n) is 1.84. The maximum absolute atomic E-state index is 11.8. The Morgan fingerprint density at radius 3 is 2.73 bits per heavy atom. The van der Waals surface area contributed by atoms with E-state index in [0.29, 0.717) is 5.82 Å². The molecule has 1 heterocycles. The Morgan fingerprint density at radius 2 is 2.05 bits per heavy atom. The Labute approximate surface area is 133 Å². The molecule has 2 aromatic rings. The standard InChI is InChI=1S/C15H16ClN3O3/c1-10(2)19-13(7-8-17-19)18-14(20)9-22-15(21)11-5-3-4-6-12(11)16/h3-8,10H,9H2,1-2H3,(H,18,20). The number of aromatic nitrogens is 2. The van der Waals surface area contributed by atoms with Gasteiger partial charge in [0, 0.05) is 12.1 Å². The maximum atomic E-state index is 11.8. The van der Waals surface area contributed by atoms with Gasteiger partial charge in [-0.15, -0.1) is 0 Å². The number of nitrogens with zero attached hydrogens (tertiary/aromatic N) is 2. The molecule has 0 unspecified atom stereocenters. The average Bonchev–Trinajstić information content (AvgIpc) is 2.93. The van der Waals surface area contributed by atoms with Gasteiger partial charge < -0.3 is 10.1 Å². The number of ether oxygens (including phenoxy) is 1. The zero-order valence-electron chi connectivity index (χ0n) is 12.2. The first-order valence-corrected chi connectivity index (χ1v) is 7.12. The van der Waals surface area contributed by atoms with Crippen molar-refractivity contribution in [2.24, 2.45) is 0 Å². The summed E-state index contributed by atoms with van der Waals surface area (Å²) in [6, 6.07) is 8.28. The Kier molecular flexibility index (Phi) is 5.16. The second kappa shape index (κ2) is 7.09. The average molecular weight is 322 g/mol. The van der Waals surface area contributed by atoms with Gasteiger partial charge in [-0.2, -0.15) is 5.10 Å². The highest BCUT2D eigenvalue weighted by Gasteiger charge is 2.14. The summed E-state index contributed by atoms with van der Waals surface area (Å²) < 4.78 is 6.62. The Bertz CT molecular complexity index is 682. The van der Waals surface area contributed by atoms with Crippen LogP contribution < -0.4 is 5.32 Å². The van der Waals surface area contributed by atoms with E-state index in [-0.39, 0.29) is 16.6 Å². The molecule has 0 saturated carbocycles. The molecule has 1 N–H and O–H groups in total. The number of hydrogen-bond donors (Lipinski definition) is 1. The first-order chi connectivity index (χ1) is 10.5. The summed E-state index contributed by atoms with van der Waals surface area (Å²) in [5.74, 6) is -0.533. The highest BCUT2D eigenvalue weighted by Crippen LogP contribution is 2.16. The molecule has 1 aromatic heterocycles. The number of carbonyl (C=O) groups excluding carboxylic acids is 2. The molecule has 0 aliphatic rings. The topological polar surface area (TPSA) is 73.2 Å². The summed E-state index contributed by atoms with van der Waals surface area (Å²) in [5.41, 5.74) is 0.226. The minimum absolute atomic E-state index is 0.107. The van der Waals surface area contributed by atoms with Gasteiger partial charge in [0.2, 0.25) is 0 Å². The summed E-state index contributed by atoms with van der Waals surface area (Å²) >= 11 is 5.89. The molecular formula is C15H16ClN3O3. The normalized spacial score (nSPS) is 10.5. The van der Waals surface area contributed by atoms with Gasteiger partial charge in [-0.05, 0) is 26.0 Å². The molecule has 6 nitrogen and oxygen atoms in total. The molecule has 0 aliphatic heterocycles. The summed E-state index contributed by atoms with van der Waals surface area (Å²) in [5, 5.41) is 7.03. The van der Waals surface area contributed by atoms with Crippen molar-refractivity contribution in [1.82, 2.24) is 9.78 Å². The van der Waals surface area contributed by atoms with Crippen LogP contribution in [0.15, 0.2) is 36.5 Å². The van der Waals surface area contributed by atoms with Crippen molar-refractivity contribution >= 4 is 29.3 Å². The summed E-state index contributed by atoms with van der Waals surface area (Å²) in [7, 11) is 0. The number of benzene rings is 1. The molecule has 1 aromatic carbocycles. The largest absolute Gasteiger partial charge is 0.452 e. The first kappa shape index (κ1) is 16.0. The van der Waals surface area contributed by atoms with Crippen LogP contribution in [0.1, 0.15) is 30.2 Å². The molecule has 0 atom stereocenters. The predicted octanol–water partition coefficient (Wildman–Crippen LogP) is 2.91. The monoisotopic (exact) mass is 321 g/mol. The molecule has 0 saturated heterocycles. The van der Waals surface area contributed by atoms with E-state index < -0.39 is 18.5 Å². The third kappa shape index (κ3) is 3.85. The molecule has 2 rings (SSSR count). The van der Waals surface area contributed by atoms with Crippen molar-refractivity contribution in [3.05, 3.63) is 47.1 Å². The Morgan fingerprint density at radius 1 is 1.32 bits per heavy atom. The number of halogens is 1. The third-order valence-electron chi connectivity index (χ3n) is 2.86. The van der Waals surface area contributed by atoms with E-state index in [1.54, 1.807) is 35.1 Å². The van der Waals surface area contributed by atoms with Crippen molar-refractivity contribution in [2.45, 2.75) is 19.9 Å². The zero-order chi connectivity index (χ0) is 16.1. The smallest absolute Gasteiger partial charge is 0.340 e. The van der Waals surface area contributed by atoms with Gasteiger partial charge in [0.05, 0.1) is 16.8 Å². The molecular weight excluding hydrogens is 306 g/mol. The summed E-state index contributed by atoms with van der Waals surface area (Å²) in [6.07, 6.45) is 1.59. The lowest BCUT2D eigenvalue weighted by molar-refractivity contribution is -0.119. The summed E-state index contributed by atoms with van der Waals surface area (Å²) in [4.78, 5) is 23.7. The number of hydrogen-bond acceptors (Lipinski definition) is 4. The van der Waals surface area contributed by atoms with E-state index >= 15 is 0 Å². The molecule has 22 heavy (non-hydrogen) atoms. The van der Waals surface area contributed by atoms with Gasteiger partial charge in [-0.25, -0.2) is 9.48 Å². The molecule has 0 aliphatic carbocycles. The highest BCUT2D eigenvalue weighted by atomic mass is 35.5. The second-order valence-electron chi connectivity index (χ2n) is 4.86. The van der Waals surface area contributed by atoms with Gasteiger partial charge in [-0.1, -0.05) is 23.7 Å². The third-order valence-corrected chi connectivity index (χ3v) is 3.18. The van der Waals surface area contributed by atoms with Crippen LogP contribution in [0.25, 0.3) is 0 Å². The van der Waals surface area contributed by atoms with Crippen molar-refractivity contribution in [2.75, 3.05) is 11.9 Å². The minimum Gasteiger partial charge on any atom is -0.452 e. The molecule has 1 amide bonds. The number of amides is 1. The molecule has 7 heteroatoms. The van der Waals surface area contributed by atoms with Gasteiger partial charge in [0.1, 0.15) is 5.82 Å². The summed E-state index contributed by atoms with van der Waals surface area (Å²) in [6.45, 7) is 3.49. The van der Waals surface area contributed by atoms with Crippen molar-refractivity contribution in [3.63, 3.8) is 0 Å². The number of carbonyl (C=O) groups is 2. The van der Waals surface area contributed by atoms with Crippen LogP contribution in [0.4, 0.5) is 5.82 Å². The van der Waals surface area contributed by atoms with Crippen LogP contribution in [0.3, 0.4) is 0 Å². The van der Waals surface area contributed by atoms with Crippen LogP contribution in [-0.2, 0) is 9.53 Å². The Hall–Kier alpha value is -2.34. The van der Waals surface area contributed by atoms with Gasteiger partial charge in [0.15, 0.2) is 6.61 Å². The van der Waals surface area contributed by atoms with E-state index in [9.17, 15) is 9.59 Å². The lowest BCUT2D eigenvalue weighted by Gasteiger charge is -2.12. The van der Waals surface area contributed by atoms with E-state index in [0.717, 1.165) is 0 Å². The quantitative estimate of drug-likeness (QED) is 0.859. The SMILES string of the molecule is CC(C)n1nccc1NC(=O)COC(=O)c1ccccc1Cl. The van der Waals surface area contributed by atoms with Gasteiger partial charge in [-0.3, -0.25) is 4.79 Å². The van der Waals surface area contributed by atoms with Crippen LogP contribution in [0.5, 0.6) is 0 Å². The van der Waals surface area contributed by atoms with Crippen LogP contribution >= 0.6 is 11.6 Å². The molecule has 0 radical (unpaired) electrons. The number of esters is 1. The number of rotatable bonds is 5. The molecule has 116 valence electrons. The minimum atomic E-state index is -0.641. The van der Waals surface area contributed by atoms with Gasteiger partial charge >= 0.3 is 5.97 Å². The van der Waals surface area contributed by atoms with E-state index in [1.807, 2.05) is 13.8 Å². The highest BCUT2D eigenvalue weighted by molar-refractivity contribution is 6.33. The fourth-order valence-corrected chi connectivity index (χ4v) is 2.05. The maximum Gasteiger partial charge on any atom is 0.340 e. The van der Waals surface area contributed by atoms with E-state index in [2.05, 4.69) is 10.4 Å². The lowest BCUT2D eigenvalue weighted by Crippen LogP contribution is -2.23. The first-order valence-electron chi connectivity index (χ1n) is 6.74. The lowest BCUT2D eigenvalue weighted by atomic mass is 10.2. The van der Waals surface area contributed by atoms with Crippen molar-refractivity contribution in [1.29, 1.82) is 0 Å². The molecule has 0 bridgehead atoms. The van der Waals surface area contributed by atoms with Crippen LogP contribution in [-0.4, -0.2) is 28.3 Å². The fraction of sp³-hybridized carbons (Fsp3) is 0.267. The van der Waals surface area contributed by atoms with E-state index in [4.69, 9.17) is 16.3 Å². The van der Waals surface area contributed by atoms with Crippen molar-refractivity contribution < 1.29 is 14.3 Å². The molecule has 0 spiro atoms. The number of anilines is 1.